The van der Waals surface area contributed by atoms with E-state index in [0.717, 1.165) is 25.2 Å². The second-order valence-corrected chi connectivity index (χ2v) is 5.49. The highest BCUT2D eigenvalue weighted by atomic mass is 19.1. The molecule has 2 N–H and O–H groups in total. The van der Waals surface area contributed by atoms with E-state index in [0.29, 0.717) is 0 Å². The lowest BCUT2D eigenvalue weighted by Crippen LogP contribution is -2.62. The van der Waals surface area contributed by atoms with E-state index in [1.165, 1.54) is 6.07 Å². The number of aliphatic hydroxyl groups excluding tert-OH is 1. The van der Waals surface area contributed by atoms with Crippen LogP contribution in [-0.2, 0) is 0 Å². The lowest BCUT2D eigenvalue weighted by Gasteiger charge is -2.47. The van der Waals surface area contributed by atoms with Crippen molar-refractivity contribution in [3.8, 4) is 0 Å². The summed E-state index contributed by atoms with van der Waals surface area (Å²) in [6.45, 7) is 6.07. The summed E-state index contributed by atoms with van der Waals surface area (Å²) in [4.78, 5) is 2.22. The third-order valence-corrected chi connectivity index (χ3v) is 3.55. The van der Waals surface area contributed by atoms with E-state index in [4.69, 9.17) is 5.11 Å². The number of piperazine rings is 1. The fourth-order valence-electron chi connectivity index (χ4n) is 2.47. The molecule has 0 bridgehead atoms. The Morgan fingerprint density at radius 2 is 2.28 bits per heavy atom. The summed E-state index contributed by atoms with van der Waals surface area (Å²) >= 11 is 0. The van der Waals surface area contributed by atoms with Gasteiger partial charge in [-0.1, -0.05) is 6.07 Å². The number of anilines is 1. The van der Waals surface area contributed by atoms with Crippen LogP contribution in [0.15, 0.2) is 24.3 Å². The van der Waals surface area contributed by atoms with E-state index in [2.05, 4.69) is 24.1 Å². The van der Waals surface area contributed by atoms with Gasteiger partial charge >= 0.3 is 0 Å². The Kier molecular flexibility index (Phi) is 3.88. The second kappa shape index (κ2) is 5.24. The Morgan fingerprint density at radius 3 is 2.94 bits per heavy atom. The van der Waals surface area contributed by atoms with Gasteiger partial charge in [0.15, 0.2) is 0 Å². The first-order valence-electron chi connectivity index (χ1n) is 6.40. The van der Waals surface area contributed by atoms with E-state index in [1.54, 1.807) is 12.1 Å². The standard InChI is InChI=1S/C14H21FN2O/c1-14(2)10-16-12(6-7-18)9-17(14)13-5-3-4-11(15)8-13/h3-5,8,12,16,18H,6-7,9-10H2,1-2H3. The largest absolute Gasteiger partial charge is 0.396 e. The predicted octanol–water partition coefficient (Wildman–Crippen LogP) is 1.76. The molecule has 18 heavy (non-hydrogen) atoms. The van der Waals surface area contributed by atoms with Crippen LogP contribution >= 0.6 is 0 Å². The van der Waals surface area contributed by atoms with Crippen molar-refractivity contribution in [3.05, 3.63) is 30.1 Å². The lowest BCUT2D eigenvalue weighted by atomic mass is 9.95. The van der Waals surface area contributed by atoms with Gasteiger partial charge in [-0.3, -0.25) is 0 Å². The van der Waals surface area contributed by atoms with Gasteiger partial charge in [-0.15, -0.1) is 0 Å². The molecule has 2 rings (SSSR count). The van der Waals surface area contributed by atoms with Crippen molar-refractivity contribution in [2.75, 3.05) is 24.6 Å². The zero-order valence-corrected chi connectivity index (χ0v) is 11.0. The first-order chi connectivity index (χ1) is 8.53. The van der Waals surface area contributed by atoms with Crippen molar-refractivity contribution < 1.29 is 9.50 Å². The van der Waals surface area contributed by atoms with Crippen LogP contribution in [0.2, 0.25) is 0 Å². The molecule has 1 aromatic carbocycles. The average Bonchev–Trinajstić information content (AvgIpc) is 2.31. The summed E-state index contributed by atoms with van der Waals surface area (Å²) in [5, 5.41) is 12.5. The van der Waals surface area contributed by atoms with Gasteiger partial charge in [0.25, 0.3) is 0 Å². The van der Waals surface area contributed by atoms with Crippen LogP contribution in [0.3, 0.4) is 0 Å². The van der Waals surface area contributed by atoms with Crippen molar-refractivity contribution in [2.24, 2.45) is 0 Å². The van der Waals surface area contributed by atoms with Gasteiger partial charge in [0.1, 0.15) is 5.82 Å². The van der Waals surface area contributed by atoms with Gasteiger partial charge in [0.2, 0.25) is 0 Å². The third kappa shape index (κ3) is 2.82. The quantitative estimate of drug-likeness (QED) is 0.860. The van der Waals surface area contributed by atoms with Crippen LogP contribution in [0.25, 0.3) is 0 Å². The number of hydrogen-bond acceptors (Lipinski definition) is 3. The van der Waals surface area contributed by atoms with E-state index in [9.17, 15) is 4.39 Å². The van der Waals surface area contributed by atoms with E-state index >= 15 is 0 Å². The molecular formula is C14H21FN2O. The average molecular weight is 252 g/mol. The van der Waals surface area contributed by atoms with Crippen LogP contribution in [0, 0.1) is 5.82 Å². The zero-order valence-electron chi connectivity index (χ0n) is 11.0. The number of nitrogens with zero attached hydrogens (tertiary/aromatic N) is 1. The Balaban J connectivity index is 2.21. The molecule has 0 saturated carbocycles. The van der Waals surface area contributed by atoms with Gasteiger partial charge in [-0.2, -0.15) is 0 Å². The molecule has 1 aliphatic rings. The van der Waals surface area contributed by atoms with Gasteiger partial charge in [-0.25, -0.2) is 4.39 Å². The molecule has 0 aromatic heterocycles. The number of aliphatic hydroxyl groups is 1. The highest BCUT2D eigenvalue weighted by molar-refractivity contribution is 5.50. The number of halogens is 1. The fraction of sp³-hybridized carbons (Fsp3) is 0.571. The van der Waals surface area contributed by atoms with E-state index in [-0.39, 0.29) is 24.0 Å². The first kappa shape index (κ1) is 13.3. The van der Waals surface area contributed by atoms with Crippen molar-refractivity contribution >= 4 is 5.69 Å². The molecule has 1 atom stereocenters. The van der Waals surface area contributed by atoms with Gasteiger partial charge in [-0.05, 0) is 38.5 Å². The molecule has 1 aliphatic heterocycles. The van der Waals surface area contributed by atoms with Crippen LogP contribution in [0.1, 0.15) is 20.3 Å². The maximum Gasteiger partial charge on any atom is 0.125 e. The lowest BCUT2D eigenvalue weighted by molar-refractivity contribution is 0.239. The third-order valence-electron chi connectivity index (χ3n) is 3.55. The van der Waals surface area contributed by atoms with E-state index in [1.807, 2.05) is 6.07 Å². The molecule has 0 amide bonds. The maximum atomic E-state index is 13.3. The molecule has 100 valence electrons. The molecule has 1 aromatic rings. The molecule has 0 aliphatic carbocycles. The van der Waals surface area contributed by atoms with E-state index < -0.39 is 0 Å². The number of nitrogens with one attached hydrogen (secondary N) is 1. The van der Waals surface area contributed by atoms with Crippen molar-refractivity contribution in [3.63, 3.8) is 0 Å². The Hall–Kier alpha value is -1.13. The monoisotopic (exact) mass is 252 g/mol. The topological polar surface area (TPSA) is 35.5 Å². The maximum absolute atomic E-state index is 13.3. The molecule has 0 radical (unpaired) electrons. The zero-order chi connectivity index (χ0) is 13.2. The minimum Gasteiger partial charge on any atom is -0.396 e. The first-order valence-corrected chi connectivity index (χ1v) is 6.40. The van der Waals surface area contributed by atoms with Gasteiger partial charge in [0.05, 0.1) is 0 Å². The number of hydrogen-bond donors (Lipinski definition) is 2. The van der Waals surface area contributed by atoms with Crippen molar-refractivity contribution in [1.29, 1.82) is 0 Å². The fourth-order valence-corrected chi connectivity index (χ4v) is 2.47. The molecule has 1 saturated heterocycles. The van der Waals surface area contributed by atoms with Crippen LogP contribution in [0.4, 0.5) is 10.1 Å². The SMILES string of the molecule is CC1(C)CNC(CCO)CN1c1cccc(F)c1. The van der Waals surface area contributed by atoms with Crippen molar-refractivity contribution in [1.82, 2.24) is 5.32 Å². The minimum absolute atomic E-state index is 0.0558. The van der Waals surface area contributed by atoms with Gasteiger partial charge in [0, 0.05) is 37.0 Å². The minimum atomic E-state index is -0.208. The summed E-state index contributed by atoms with van der Waals surface area (Å²) in [6, 6.07) is 6.97. The molecular weight excluding hydrogens is 231 g/mol. The Morgan fingerprint density at radius 1 is 1.50 bits per heavy atom. The van der Waals surface area contributed by atoms with Crippen LogP contribution in [-0.4, -0.2) is 36.4 Å². The molecule has 4 heteroatoms. The van der Waals surface area contributed by atoms with Crippen LogP contribution in [0.5, 0.6) is 0 Å². The normalized spacial score (nSPS) is 23.1. The summed E-state index contributed by atoms with van der Waals surface area (Å²) in [6.07, 6.45) is 0.724. The Bertz CT molecular complexity index is 409. The molecule has 1 fully saturated rings. The molecule has 1 unspecified atom stereocenters. The summed E-state index contributed by atoms with van der Waals surface area (Å²) in [5.74, 6) is -0.208. The second-order valence-electron chi connectivity index (χ2n) is 5.49. The predicted molar refractivity (Wildman–Crippen MR) is 71.3 cm³/mol. The molecule has 1 heterocycles. The van der Waals surface area contributed by atoms with Gasteiger partial charge < -0.3 is 15.3 Å². The van der Waals surface area contributed by atoms with Crippen LogP contribution < -0.4 is 10.2 Å². The molecule has 3 nitrogen and oxygen atoms in total. The Labute approximate surface area is 108 Å². The highest BCUT2D eigenvalue weighted by Crippen LogP contribution is 2.27. The molecule has 0 spiro atoms. The highest BCUT2D eigenvalue weighted by Gasteiger charge is 2.33. The summed E-state index contributed by atoms with van der Waals surface area (Å²) in [5.41, 5.74) is 0.851. The number of benzene rings is 1. The smallest absolute Gasteiger partial charge is 0.125 e. The summed E-state index contributed by atoms with van der Waals surface area (Å²) < 4.78 is 13.3. The number of rotatable bonds is 3. The van der Waals surface area contributed by atoms with Crippen molar-refractivity contribution in [2.45, 2.75) is 31.8 Å². The summed E-state index contributed by atoms with van der Waals surface area (Å²) in [7, 11) is 0.